The molecule has 0 spiro atoms. The lowest BCUT2D eigenvalue weighted by atomic mass is 9.89. The maximum Gasteiger partial charge on any atom is 0.0541 e. The molecule has 1 atom stereocenters. The number of halogens is 1. The van der Waals surface area contributed by atoms with E-state index in [1.165, 1.54) is 27.8 Å². The fraction of sp³-hybridized carbons (Fsp3) is 0.308. The summed E-state index contributed by atoms with van der Waals surface area (Å²) in [7, 11) is 0. The Morgan fingerprint density at radius 3 is 2.55 bits per heavy atom. The summed E-state index contributed by atoms with van der Waals surface area (Å²) in [6.45, 7) is 5.24. The predicted octanol–water partition coefficient (Wildman–Crippen LogP) is 5.87. The number of rotatable bonds is 3. The van der Waals surface area contributed by atoms with Gasteiger partial charge in [0.25, 0.3) is 0 Å². The van der Waals surface area contributed by atoms with Crippen molar-refractivity contribution >= 4 is 17.2 Å². The molecular formula is C26H27ClN2. The highest BCUT2D eigenvalue weighted by Gasteiger charge is 2.27. The zero-order valence-electron chi connectivity index (χ0n) is 16.7. The molecule has 148 valence electrons. The number of piperazine rings is 1. The predicted molar refractivity (Wildman–Crippen MR) is 122 cm³/mol. The molecule has 0 bridgehead atoms. The maximum absolute atomic E-state index is 6.37. The van der Waals surface area contributed by atoms with Crippen LogP contribution >= 0.6 is 11.6 Å². The standard InChI is InChI=1S/C26H27ClN2/c27-25-12-6-2-8-21(25)19-28-15-17-29(18-16-28)26-14-13-20-7-1-3-9-22(20)23-10-4-5-11-24(23)26/h1-2,4-8,10-14,26H,3,9,15-19H2. The third-order valence-corrected chi connectivity index (χ3v) is 6.79. The van der Waals surface area contributed by atoms with E-state index in [1.807, 2.05) is 12.1 Å². The fourth-order valence-corrected chi connectivity index (χ4v) is 5.04. The maximum atomic E-state index is 6.37. The van der Waals surface area contributed by atoms with Crippen LogP contribution < -0.4 is 0 Å². The zero-order valence-corrected chi connectivity index (χ0v) is 17.5. The summed E-state index contributed by atoms with van der Waals surface area (Å²) in [4.78, 5) is 5.16. The molecule has 1 unspecified atom stereocenters. The van der Waals surface area contributed by atoms with Gasteiger partial charge < -0.3 is 0 Å². The Balaban J connectivity index is 1.34. The number of fused-ring (bicyclic) bond motifs is 2. The number of hydrogen-bond donors (Lipinski definition) is 0. The Morgan fingerprint density at radius 2 is 1.69 bits per heavy atom. The van der Waals surface area contributed by atoms with Gasteiger partial charge in [-0.25, -0.2) is 0 Å². The molecule has 2 aliphatic carbocycles. The third kappa shape index (κ3) is 3.85. The van der Waals surface area contributed by atoms with Crippen LogP contribution in [0.2, 0.25) is 5.02 Å². The van der Waals surface area contributed by atoms with E-state index >= 15 is 0 Å². The Kier molecular flexibility index (Phi) is 5.41. The van der Waals surface area contributed by atoms with Gasteiger partial charge in [0.1, 0.15) is 0 Å². The zero-order chi connectivity index (χ0) is 19.6. The van der Waals surface area contributed by atoms with E-state index in [9.17, 15) is 0 Å². The number of benzene rings is 2. The molecule has 0 amide bonds. The van der Waals surface area contributed by atoms with Gasteiger partial charge in [-0.2, -0.15) is 0 Å². The van der Waals surface area contributed by atoms with E-state index in [2.05, 4.69) is 70.5 Å². The molecule has 29 heavy (non-hydrogen) atoms. The van der Waals surface area contributed by atoms with Crippen LogP contribution in [0.15, 0.2) is 78.4 Å². The minimum Gasteiger partial charge on any atom is -0.296 e. The summed E-state index contributed by atoms with van der Waals surface area (Å²) in [5, 5.41) is 0.875. The molecule has 2 aromatic rings. The molecule has 0 radical (unpaired) electrons. The topological polar surface area (TPSA) is 6.48 Å². The SMILES string of the molecule is Clc1ccccc1CN1CCN(C2C=CC3=C(CCC=C3)c3ccccc32)CC1. The Labute approximate surface area is 178 Å². The molecule has 1 aliphatic heterocycles. The van der Waals surface area contributed by atoms with Crippen molar-refractivity contribution in [2.24, 2.45) is 0 Å². The van der Waals surface area contributed by atoms with Crippen LogP contribution in [-0.4, -0.2) is 36.0 Å². The van der Waals surface area contributed by atoms with Gasteiger partial charge in [-0.3, -0.25) is 9.80 Å². The molecule has 0 saturated carbocycles. The first-order valence-corrected chi connectivity index (χ1v) is 11.0. The third-order valence-electron chi connectivity index (χ3n) is 6.42. The number of hydrogen-bond acceptors (Lipinski definition) is 2. The minimum atomic E-state index is 0.354. The lowest BCUT2D eigenvalue weighted by Crippen LogP contribution is -2.47. The highest BCUT2D eigenvalue weighted by atomic mass is 35.5. The largest absolute Gasteiger partial charge is 0.296 e. The van der Waals surface area contributed by atoms with Crippen molar-refractivity contribution < 1.29 is 0 Å². The van der Waals surface area contributed by atoms with Gasteiger partial charge in [0, 0.05) is 37.7 Å². The average Bonchev–Trinajstić information content (AvgIpc) is 2.93. The molecule has 0 N–H and O–H groups in total. The van der Waals surface area contributed by atoms with Gasteiger partial charge in [-0.15, -0.1) is 0 Å². The van der Waals surface area contributed by atoms with E-state index in [1.54, 1.807) is 0 Å². The Morgan fingerprint density at radius 1 is 0.897 bits per heavy atom. The second-order valence-electron chi connectivity index (χ2n) is 8.17. The second-order valence-corrected chi connectivity index (χ2v) is 8.58. The minimum absolute atomic E-state index is 0.354. The highest BCUT2D eigenvalue weighted by molar-refractivity contribution is 6.31. The van der Waals surface area contributed by atoms with Gasteiger partial charge >= 0.3 is 0 Å². The lowest BCUT2D eigenvalue weighted by Gasteiger charge is -2.39. The molecule has 2 nitrogen and oxygen atoms in total. The van der Waals surface area contributed by atoms with Crippen molar-refractivity contribution in [1.82, 2.24) is 9.80 Å². The van der Waals surface area contributed by atoms with Gasteiger partial charge in [0.2, 0.25) is 0 Å². The molecule has 1 heterocycles. The van der Waals surface area contributed by atoms with Crippen molar-refractivity contribution in [1.29, 1.82) is 0 Å². The molecule has 3 aliphatic rings. The molecular weight excluding hydrogens is 376 g/mol. The smallest absolute Gasteiger partial charge is 0.0541 e. The average molecular weight is 403 g/mol. The summed E-state index contributed by atoms with van der Waals surface area (Å²) in [5.74, 6) is 0. The van der Waals surface area contributed by atoms with Crippen LogP contribution in [0, 0.1) is 0 Å². The van der Waals surface area contributed by atoms with Crippen molar-refractivity contribution in [2.75, 3.05) is 26.2 Å². The van der Waals surface area contributed by atoms with Crippen LogP contribution in [-0.2, 0) is 6.54 Å². The molecule has 0 aromatic heterocycles. The van der Waals surface area contributed by atoms with Crippen LogP contribution in [0.25, 0.3) is 5.57 Å². The van der Waals surface area contributed by atoms with Crippen molar-refractivity contribution in [3.8, 4) is 0 Å². The monoisotopic (exact) mass is 402 g/mol. The van der Waals surface area contributed by atoms with E-state index in [-0.39, 0.29) is 0 Å². The first kappa shape index (κ1) is 18.9. The van der Waals surface area contributed by atoms with E-state index < -0.39 is 0 Å². The van der Waals surface area contributed by atoms with E-state index in [0.29, 0.717) is 6.04 Å². The van der Waals surface area contributed by atoms with Crippen molar-refractivity contribution in [3.05, 3.63) is 100 Å². The molecule has 2 aromatic carbocycles. The first-order chi connectivity index (χ1) is 14.3. The Hall–Kier alpha value is -2.13. The summed E-state index contributed by atoms with van der Waals surface area (Å²) >= 11 is 6.37. The van der Waals surface area contributed by atoms with Gasteiger partial charge in [0.15, 0.2) is 0 Å². The molecule has 5 rings (SSSR count). The van der Waals surface area contributed by atoms with Crippen molar-refractivity contribution in [2.45, 2.75) is 25.4 Å². The second kappa shape index (κ2) is 8.31. The summed E-state index contributed by atoms with van der Waals surface area (Å²) in [5.41, 5.74) is 7.04. The molecule has 1 saturated heterocycles. The Bertz CT molecular complexity index is 980. The number of allylic oxidation sites excluding steroid dienone is 5. The fourth-order valence-electron chi connectivity index (χ4n) is 4.84. The molecule has 1 fully saturated rings. The van der Waals surface area contributed by atoms with Gasteiger partial charge in [-0.1, -0.05) is 78.4 Å². The summed E-state index contributed by atoms with van der Waals surface area (Å²) in [6.07, 6.45) is 11.7. The van der Waals surface area contributed by atoms with E-state index in [0.717, 1.165) is 50.6 Å². The molecule has 3 heteroatoms. The quantitative estimate of drug-likeness (QED) is 0.633. The van der Waals surface area contributed by atoms with Gasteiger partial charge in [-0.05, 0) is 46.7 Å². The highest BCUT2D eigenvalue weighted by Crippen LogP contribution is 2.39. The van der Waals surface area contributed by atoms with Crippen LogP contribution in [0.4, 0.5) is 0 Å². The normalized spacial score (nSPS) is 22.3. The summed E-state index contributed by atoms with van der Waals surface area (Å²) in [6, 6.07) is 17.6. The van der Waals surface area contributed by atoms with E-state index in [4.69, 9.17) is 11.6 Å². The van der Waals surface area contributed by atoms with Crippen molar-refractivity contribution in [3.63, 3.8) is 0 Å². The first-order valence-electron chi connectivity index (χ1n) is 10.7. The van der Waals surface area contributed by atoms with Crippen LogP contribution in [0.5, 0.6) is 0 Å². The number of nitrogens with zero attached hydrogens (tertiary/aromatic N) is 2. The lowest BCUT2D eigenvalue weighted by molar-refractivity contribution is 0.107. The summed E-state index contributed by atoms with van der Waals surface area (Å²) < 4.78 is 0. The van der Waals surface area contributed by atoms with Gasteiger partial charge in [0.05, 0.1) is 6.04 Å². The van der Waals surface area contributed by atoms with Crippen LogP contribution in [0.1, 0.15) is 35.6 Å². The van der Waals surface area contributed by atoms with Crippen LogP contribution in [0.3, 0.4) is 0 Å².